The summed E-state index contributed by atoms with van der Waals surface area (Å²) < 4.78 is 11.3. The first kappa shape index (κ1) is 18.9. The molecule has 0 radical (unpaired) electrons. The highest BCUT2D eigenvalue weighted by Gasteiger charge is 2.25. The number of amides is 1. The third-order valence-corrected chi connectivity index (χ3v) is 4.16. The highest BCUT2D eigenvalue weighted by molar-refractivity contribution is 5.67. The summed E-state index contributed by atoms with van der Waals surface area (Å²) >= 11 is 0. The number of azide groups is 1. The van der Waals surface area contributed by atoms with E-state index in [2.05, 4.69) is 15.3 Å². The number of nitrogens with zero attached hydrogens (tertiary/aromatic N) is 3. The van der Waals surface area contributed by atoms with Crippen LogP contribution in [0.4, 0.5) is 4.79 Å². The third kappa shape index (κ3) is 6.55. The van der Waals surface area contributed by atoms with Crippen LogP contribution in [0.15, 0.2) is 29.4 Å². The lowest BCUT2D eigenvalue weighted by molar-refractivity contribution is 0.0293. The fraction of sp³-hybridized carbons (Fsp3) is 0.611. The fourth-order valence-electron chi connectivity index (χ4n) is 2.86. The van der Waals surface area contributed by atoms with E-state index in [1.165, 1.54) is 5.56 Å². The monoisotopic (exact) mass is 346 g/mol. The molecule has 1 amide bonds. The molecular weight excluding hydrogens is 320 g/mol. The van der Waals surface area contributed by atoms with Crippen molar-refractivity contribution in [2.75, 3.05) is 13.1 Å². The van der Waals surface area contributed by atoms with Crippen molar-refractivity contribution in [3.8, 4) is 5.75 Å². The zero-order chi connectivity index (χ0) is 18.1. The van der Waals surface area contributed by atoms with Crippen molar-refractivity contribution in [3.63, 3.8) is 0 Å². The molecule has 2 rings (SSSR count). The van der Waals surface area contributed by atoms with Crippen molar-refractivity contribution in [3.05, 3.63) is 40.3 Å². The molecular formula is C18H26N4O3. The second kappa shape index (κ2) is 9.18. The summed E-state index contributed by atoms with van der Waals surface area (Å²) in [7, 11) is 0. The van der Waals surface area contributed by atoms with Crippen LogP contribution >= 0.6 is 0 Å². The van der Waals surface area contributed by atoms with Crippen molar-refractivity contribution in [2.24, 2.45) is 5.11 Å². The zero-order valence-electron chi connectivity index (χ0n) is 14.9. The molecule has 25 heavy (non-hydrogen) atoms. The number of carbonyl (C=O) groups excluding carboxylic acids is 1. The SMILES string of the molecule is CC(C)(CCCCCN=[N+]=[N-])OC(=O)NCC1Cc2ccccc2O1. The number of unbranched alkanes of at least 4 members (excludes halogenated alkanes) is 2. The molecule has 136 valence electrons. The molecule has 0 spiro atoms. The normalized spacial score (nSPS) is 15.7. The highest BCUT2D eigenvalue weighted by Crippen LogP contribution is 2.27. The molecule has 1 N–H and O–H groups in total. The van der Waals surface area contributed by atoms with E-state index in [1.807, 2.05) is 38.1 Å². The number of rotatable bonds is 9. The Morgan fingerprint density at radius 3 is 2.96 bits per heavy atom. The number of hydrogen-bond donors (Lipinski definition) is 1. The van der Waals surface area contributed by atoms with Crippen molar-refractivity contribution < 1.29 is 14.3 Å². The van der Waals surface area contributed by atoms with Crippen LogP contribution in [-0.4, -0.2) is 30.9 Å². The summed E-state index contributed by atoms with van der Waals surface area (Å²) in [6.07, 6.45) is 3.82. The van der Waals surface area contributed by atoms with Crippen molar-refractivity contribution in [1.29, 1.82) is 0 Å². The van der Waals surface area contributed by atoms with Gasteiger partial charge >= 0.3 is 6.09 Å². The Kier molecular flexibility index (Phi) is 6.95. The Morgan fingerprint density at radius 2 is 2.20 bits per heavy atom. The standard InChI is InChI=1S/C18H26N4O3/c1-18(2,10-6-3-7-11-21-22-19)25-17(23)20-13-15-12-14-8-4-5-9-16(14)24-15/h4-5,8-9,15H,3,6-7,10-13H2,1-2H3,(H,20,23). The van der Waals surface area contributed by atoms with Crippen LogP contribution in [0, 0.1) is 0 Å². The van der Waals surface area contributed by atoms with E-state index < -0.39 is 11.7 Å². The summed E-state index contributed by atoms with van der Waals surface area (Å²) in [5.41, 5.74) is 8.86. The van der Waals surface area contributed by atoms with Crippen molar-refractivity contribution in [2.45, 2.75) is 57.7 Å². The van der Waals surface area contributed by atoms with Gasteiger partial charge in [-0.05, 0) is 50.3 Å². The van der Waals surface area contributed by atoms with Gasteiger partial charge < -0.3 is 14.8 Å². The van der Waals surface area contributed by atoms with Gasteiger partial charge in [-0.25, -0.2) is 4.79 Å². The summed E-state index contributed by atoms with van der Waals surface area (Å²) in [5.74, 6) is 0.892. The van der Waals surface area contributed by atoms with Gasteiger partial charge in [0.1, 0.15) is 17.5 Å². The average Bonchev–Trinajstić information content (AvgIpc) is 2.98. The van der Waals surface area contributed by atoms with Crippen LogP contribution in [0.2, 0.25) is 0 Å². The van der Waals surface area contributed by atoms with Crippen LogP contribution in [-0.2, 0) is 11.2 Å². The van der Waals surface area contributed by atoms with E-state index in [0.29, 0.717) is 13.1 Å². The molecule has 0 saturated heterocycles. The molecule has 0 aliphatic carbocycles. The molecule has 1 aromatic rings. The molecule has 0 fully saturated rings. The molecule has 0 saturated carbocycles. The maximum atomic E-state index is 12.0. The maximum absolute atomic E-state index is 12.0. The summed E-state index contributed by atoms with van der Waals surface area (Å²) in [5, 5.41) is 6.30. The lowest BCUT2D eigenvalue weighted by atomic mass is 10.0. The Balaban J connectivity index is 1.63. The molecule has 0 bridgehead atoms. The zero-order valence-corrected chi connectivity index (χ0v) is 14.9. The lowest BCUT2D eigenvalue weighted by Gasteiger charge is -2.25. The molecule has 1 heterocycles. The van der Waals surface area contributed by atoms with E-state index in [-0.39, 0.29) is 6.10 Å². The molecule has 1 atom stereocenters. The predicted octanol–water partition coefficient (Wildman–Crippen LogP) is 4.37. The second-order valence-electron chi connectivity index (χ2n) is 6.85. The number of nitrogens with one attached hydrogen (secondary N) is 1. The maximum Gasteiger partial charge on any atom is 0.407 e. The topological polar surface area (TPSA) is 96.3 Å². The Hall–Kier alpha value is -2.40. The quantitative estimate of drug-likeness (QED) is 0.311. The second-order valence-corrected chi connectivity index (χ2v) is 6.85. The van der Waals surface area contributed by atoms with E-state index in [4.69, 9.17) is 15.0 Å². The minimum absolute atomic E-state index is 0.0475. The molecule has 1 aromatic carbocycles. The van der Waals surface area contributed by atoms with Gasteiger partial charge in [0.25, 0.3) is 0 Å². The Morgan fingerprint density at radius 1 is 1.40 bits per heavy atom. The molecule has 0 aromatic heterocycles. The van der Waals surface area contributed by atoms with Crippen LogP contribution < -0.4 is 10.1 Å². The number of carbonyl (C=O) groups is 1. The molecule has 7 nitrogen and oxygen atoms in total. The van der Waals surface area contributed by atoms with Gasteiger partial charge in [0.2, 0.25) is 0 Å². The lowest BCUT2D eigenvalue weighted by Crippen LogP contribution is -2.39. The van der Waals surface area contributed by atoms with Crippen LogP contribution in [0.3, 0.4) is 0 Å². The van der Waals surface area contributed by atoms with Gasteiger partial charge in [-0.3, -0.25) is 0 Å². The third-order valence-electron chi connectivity index (χ3n) is 4.16. The minimum Gasteiger partial charge on any atom is -0.488 e. The average molecular weight is 346 g/mol. The smallest absolute Gasteiger partial charge is 0.407 e. The fourth-order valence-corrected chi connectivity index (χ4v) is 2.86. The van der Waals surface area contributed by atoms with Gasteiger partial charge in [-0.2, -0.15) is 0 Å². The number of alkyl carbamates (subject to hydrolysis) is 1. The first-order valence-corrected chi connectivity index (χ1v) is 8.72. The number of ether oxygens (including phenoxy) is 2. The summed E-state index contributed by atoms with van der Waals surface area (Å²) in [6.45, 7) is 4.75. The first-order chi connectivity index (χ1) is 12.0. The van der Waals surface area contributed by atoms with Gasteiger partial charge in [0.05, 0.1) is 6.54 Å². The first-order valence-electron chi connectivity index (χ1n) is 8.72. The summed E-state index contributed by atoms with van der Waals surface area (Å²) in [4.78, 5) is 14.7. The highest BCUT2D eigenvalue weighted by atomic mass is 16.6. The molecule has 1 unspecified atom stereocenters. The molecule has 1 aliphatic heterocycles. The van der Waals surface area contributed by atoms with E-state index >= 15 is 0 Å². The minimum atomic E-state index is -0.526. The number of fused-ring (bicyclic) bond motifs is 1. The largest absolute Gasteiger partial charge is 0.488 e. The number of hydrogen-bond acceptors (Lipinski definition) is 4. The Bertz CT molecular complexity index is 602. The molecule has 1 aliphatic rings. The number of benzene rings is 1. The van der Waals surface area contributed by atoms with E-state index in [0.717, 1.165) is 37.9 Å². The van der Waals surface area contributed by atoms with Gasteiger partial charge in [-0.15, -0.1) is 0 Å². The van der Waals surface area contributed by atoms with E-state index in [1.54, 1.807) is 0 Å². The predicted molar refractivity (Wildman–Crippen MR) is 95.6 cm³/mol. The van der Waals surface area contributed by atoms with Gasteiger partial charge in [-0.1, -0.05) is 29.7 Å². The van der Waals surface area contributed by atoms with Gasteiger partial charge in [0, 0.05) is 17.9 Å². The number of para-hydroxylation sites is 1. The summed E-state index contributed by atoms with van der Waals surface area (Å²) in [6, 6.07) is 7.91. The van der Waals surface area contributed by atoms with E-state index in [9.17, 15) is 4.79 Å². The Labute approximate surface area is 148 Å². The van der Waals surface area contributed by atoms with Crippen molar-refractivity contribution >= 4 is 6.09 Å². The van der Waals surface area contributed by atoms with Crippen LogP contribution in [0.1, 0.15) is 45.1 Å². The van der Waals surface area contributed by atoms with Crippen LogP contribution in [0.25, 0.3) is 10.4 Å². The molecule has 7 heteroatoms. The van der Waals surface area contributed by atoms with Crippen LogP contribution in [0.5, 0.6) is 5.75 Å². The van der Waals surface area contributed by atoms with Gasteiger partial charge in [0.15, 0.2) is 0 Å². The van der Waals surface area contributed by atoms with Crippen molar-refractivity contribution in [1.82, 2.24) is 5.32 Å².